The monoisotopic (exact) mass is 398 g/mol. The molecule has 0 atom stereocenters. The highest BCUT2D eigenvalue weighted by Crippen LogP contribution is 2.27. The highest BCUT2D eigenvalue weighted by Gasteiger charge is 2.23. The lowest BCUT2D eigenvalue weighted by Gasteiger charge is -2.12. The summed E-state index contributed by atoms with van der Waals surface area (Å²) in [5.74, 6) is -1.30. The lowest BCUT2D eigenvalue weighted by Crippen LogP contribution is -2.22. The third-order valence-electron chi connectivity index (χ3n) is 4.05. The number of aryl methyl sites for hydroxylation is 1. The first-order chi connectivity index (χ1) is 13.4. The van der Waals surface area contributed by atoms with E-state index in [-0.39, 0.29) is 23.0 Å². The molecule has 0 saturated heterocycles. The van der Waals surface area contributed by atoms with Gasteiger partial charge in [0.25, 0.3) is 0 Å². The smallest absolute Gasteiger partial charge is 0.243 e. The average Bonchev–Trinajstić information content (AvgIpc) is 2.68. The van der Waals surface area contributed by atoms with Crippen molar-refractivity contribution in [1.82, 2.24) is 0 Å². The van der Waals surface area contributed by atoms with Gasteiger partial charge in [0.1, 0.15) is 4.90 Å². The van der Waals surface area contributed by atoms with Crippen LogP contribution >= 0.6 is 0 Å². The molecule has 144 valence electrons. The Hall–Kier alpha value is -3.19. The Balaban J connectivity index is 1.75. The number of amides is 1. The quantitative estimate of drug-likeness (QED) is 0.658. The second-order valence-corrected chi connectivity index (χ2v) is 8.12. The fourth-order valence-electron chi connectivity index (χ4n) is 2.68. The maximum atomic E-state index is 14.8. The standard InChI is InChI=1S/C21H19FN2O3S/c1-15-7-5-8-16(13-15)24-20(25)14-23-18-11-6-12-19(21(18)22)28(26,27)17-9-3-2-4-10-17/h2-13,23H,14H2,1H3,(H,24,25). The Kier molecular flexibility index (Phi) is 5.75. The van der Waals surface area contributed by atoms with Gasteiger partial charge >= 0.3 is 0 Å². The first-order valence-corrected chi connectivity index (χ1v) is 10.1. The molecule has 0 aliphatic heterocycles. The lowest BCUT2D eigenvalue weighted by atomic mass is 10.2. The molecule has 0 saturated carbocycles. The van der Waals surface area contributed by atoms with E-state index in [4.69, 9.17) is 0 Å². The van der Waals surface area contributed by atoms with Gasteiger partial charge in [0.05, 0.1) is 17.1 Å². The van der Waals surface area contributed by atoms with Crippen LogP contribution in [0.15, 0.2) is 82.6 Å². The maximum Gasteiger partial charge on any atom is 0.243 e. The summed E-state index contributed by atoms with van der Waals surface area (Å²) < 4.78 is 40.2. The van der Waals surface area contributed by atoms with E-state index < -0.39 is 20.5 Å². The Labute approximate surface area is 163 Å². The molecule has 0 unspecified atom stereocenters. The molecule has 7 heteroatoms. The van der Waals surface area contributed by atoms with Gasteiger partial charge in [-0.1, -0.05) is 36.4 Å². The van der Waals surface area contributed by atoms with Gasteiger partial charge in [0.15, 0.2) is 5.82 Å². The molecule has 3 rings (SSSR count). The summed E-state index contributed by atoms with van der Waals surface area (Å²) in [5, 5.41) is 5.36. The van der Waals surface area contributed by atoms with Gasteiger partial charge in [0, 0.05) is 5.69 Å². The van der Waals surface area contributed by atoms with E-state index in [0.717, 1.165) is 5.56 Å². The third-order valence-corrected chi connectivity index (χ3v) is 5.83. The average molecular weight is 398 g/mol. The zero-order valence-electron chi connectivity index (χ0n) is 15.1. The zero-order valence-corrected chi connectivity index (χ0v) is 16.0. The first kappa shape index (κ1) is 19.6. The van der Waals surface area contributed by atoms with Crippen LogP contribution in [0.2, 0.25) is 0 Å². The number of benzene rings is 3. The number of carbonyl (C=O) groups excluding carboxylic acids is 1. The predicted octanol–water partition coefficient (Wildman–Crippen LogP) is 4.02. The summed E-state index contributed by atoms with van der Waals surface area (Å²) in [4.78, 5) is 11.7. The second kappa shape index (κ2) is 8.22. The van der Waals surface area contributed by atoms with Crippen LogP contribution in [0.5, 0.6) is 0 Å². The van der Waals surface area contributed by atoms with E-state index in [2.05, 4.69) is 10.6 Å². The van der Waals surface area contributed by atoms with Crippen molar-refractivity contribution in [2.45, 2.75) is 16.7 Å². The van der Waals surface area contributed by atoms with E-state index in [1.54, 1.807) is 24.3 Å². The van der Waals surface area contributed by atoms with Crippen molar-refractivity contribution in [3.05, 3.63) is 84.2 Å². The van der Waals surface area contributed by atoms with Gasteiger partial charge in [-0.3, -0.25) is 4.79 Å². The molecule has 2 N–H and O–H groups in total. The first-order valence-electron chi connectivity index (χ1n) is 8.57. The van der Waals surface area contributed by atoms with Crippen molar-refractivity contribution in [3.8, 4) is 0 Å². The molecule has 0 radical (unpaired) electrons. The van der Waals surface area contributed by atoms with E-state index in [0.29, 0.717) is 5.69 Å². The Morgan fingerprint density at radius 1 is 0.964 bits per heavy atom. The Morgan fingerprint density at radius 2 is 1.68 bits per heavy atom. The molecule has 5 nitrogen and oxygen atoms in total. The SMILES string of the molecule is Cc1cccc(NC(=O)CNc2cccc(S(=O)(=O)c3ccccc3)c2F)c1. The predicted molar refractivity (Wildman–Crippen MR) is 107 cm³/mol. The highest BCUT2D eigenvalue weighted by atomic mass is 32.2. The maximum absolute atomic E-state index is 14.8. The van der Waals surface area contributed by atoms with Gasteiger partial charge in [-0.2, -0.15) is 0 Å². The molecule has 0 heterocycles. The van der Waals surface area contributed by atoms with Crippen LogP contribution in [-0.2, 0) is 14.6 Å². The molecule has 28 heavy (non-hydrogen) atoms. The number of nitrogens with one attached hydrogen (secondary N) is 2. The number of halogens is 1. The number of hydrogen-bond acceptors (Lipinski definition) is 4. The number of hydrogen-bond donors (Lipinski definition) is 2. The molecule has 0 aliphatic rings. The van der Waals surface area contributed by atoms with Crippen molar-refractivity contribution >= 4 is 27.1 Å². The van der Waals surface area contributed by atoms with E-state index >= 15 is 0 Å². The molecule has 1 amide bonds. The number of carbonyl (C=O) groups is 1. The van der Waals surface area contributed by atoms with Crippen molar-refractivity contribution in [2.24, 2.45) is 0 Å². The van der Waals surface area contributed by atoms with Crippen LogP contribution in [0.25, 0.3) is 0 Å². The minimum Gasteiger partial charge on any atom is -0.374 e. The van der Waals surface area contributed by atoms with Crippen molar-refractivity contribution < 1.29 is 17.6 Å². The third kappa shape index (κ3) is 4.37. The van der Waals surface area contributed by atoms with E-state index in [1.807, 2.05) is 25.1 Å². The summed E-state index contributed by atoms with van der Waals surface area (Å²) in [5.41, 5.74) is 1.57. The Bertz CT molecular complexity index is 1100. The molecule has 0 aliphatic carbocycles. The van der Waals surface area contributed by atoms with Crippen LogP contribution < -0.4 is 10.6 Å². The minimum absolute atomic E-state index is 0.00300. The summed E-state index contributed by atoms with van der Waals surface area (Å²) in [6, 6.07) is 18.9. The normalized spacial score (nSPS) is 11.1. The van der Waals surface area contributed by atoms with Crippen LogP contribution in [0.4, 0.5) is 15.8 Å². The van der Waals surface area contributed by atoms with Crippen molar-refractivity contribution in [2.75, 3.05) is 17.2 Å². The molecular weight excluding hydrogens is 379 g/mol. The molecule has 3 aromatic rings. The van der Waals surface area contributed by atoms with Crippen molar-refractivity contribution in [3.63, 3.8) is 0 Å². The van der Waals surface area contributed by atoms with Crippen molar-refractivity contribution in [1.29, 1.82) is 0 Å². The lowest BCUT2D eigenvalue weighted by molar-refractivity contribution is -0.114. The molecular formula is C21H19FN2O3S. The molecule has 0 fully saturated rings. The molecule has 3 aromatic carbocycles. The highest BCUT2D eigenvalue weighted by molar-refractivity contribution is 7.91. The summed E-state index contributed by atoms with van der Waals surface area (Å²) in [6.07, 6.45) is 0. The molecule has 0 bridgehead atoms. The van der Waals surface area contributed by atoms with E-state index in [9.17, 15) is 17.6 Å². The van der Waals surface area contributed by atoms with Gasteiger partial charge < -0.3 is 10.6 Å². The topological polar surface area (TPSA) is 75.3 Å². The van der Waals surface area contributed by atoms with Crippen LogP contribution in [-0.4, -0.2) is 20.9 Å². The van der Waals surface area contributed by atoms with Gasteiger partial charge in [0.2, 0.25) is 15.7 Å². The molecule has 0 spiro atoms. The number of sulfone groups is 1. The van der Waals surface area contributed by atoms with Crippen LogP contribution in [0.3, 0.4) is 0 Å². The van der Waals surface area contributed by atoms with E-state index in [1.165, 1.54) is 30.3 Å². The number of rotatable bonds is 6. The van der Waals surface area contributed by atoms with Gasteiger partial charge in [-0.05, 0) is 48.9 Å². The van der Waals surface area contributed by atoms with Gasteiger partial charge in [-0.15, -0.1) is 0 Å². The second-order valence-electron chi connectivity index (χ2n) is 6.21. The largest absolute Gasteiger partial charge is 0.374 e. The summed E-state index contributed by atoms with van der Waals surface area (Å²) in [6.45, 7) is 1.70. The fraction of sp³-hybridized carbons (Fsp3) is 0.0952. The number of anilines is 2. The van der Waals surface area contributed by atoms with Crippen LogP contribution in [0.1, 0.15) is 5.56 Å². The Morgan fingerprint density at radius 3 is 2.39 bits per heavy atom. The van der Waals surface area contributed by atoms with Gasteiger partial charge in [-0.25, -0.2) is 12.8 Å². The zero-order chi connectivity index (χ0) is 20.1. The minimum atomic E-state index is -4.00. The fourth-order valence-corrected chi connectivity index (χ4v) is 4.06. The molecule has 0 aromatic heterocycles. The van der Waals surface area contributed by atoms with Crippen LogP contribution in [0, 0.1) is 12.7 Å². The summed E-state index contributed by atoms with van der Waals surface area (Å²) in [7, 11) is -4.00. The summed E-state index contributed by atoms with van der Waals surface area (Å²) >= 11 is 0.